The van der Waals surface area contributed by atoms with Crippen molar-refractivity contribution >= 4 is 27.3 Å². The molecule has 1 heterocycles. The van der Waals surface area contributed by atoms with Crippen LogP contribution in [0.4, 0.5) is 11.4 Å². The summed E-state index contributed by atoms with van der Waals surface area (Å²) >= 11 is 0. The lowest BCUT2D eigenvalue weighted by atomic mass is 10.2. The molecule has 0 saturated heterocycles. The third-order valence-corrected chi connectivity index (χ3v) is 6.61. The molecule has 1 aliphatic rings. The van der Waals surface area contributed by atoms with E-state index in [1.807, 2.05) is 32.0 Å². The highest BCUT2D eigenvalue weighted by atomic mass is 32.2. The lowest BCUT2D eigenvalue weighted by Gasteiger charge is -2.20. The molecular formula is C22H20N2O4S. The van der Waals surface area contributed by atoms with Gasteiger partial charge in [-0.15, -0.1) is 0 Å². The number of sulfonamides is 1. The highest BCUT2D eigenvalue weighted by molar-refractivity contribution is 7.92. The van der Waals surface area contributed by atoms with Crippen LogP contribution in [-0.2, 0) is 10.0 Å². The molecule has 1 aliphatic heterocycles. The first-order valence-corrected chi connectivity index (χ1v) is 10.5. The zero-order chi connectivity index (χ0) is 20.8. The first-order valence-electron chi connectivity index (χ1n) is 9.05. The second-order valence-electron chi connectivity index (χ2n) is 7.03. The molecular weight excluding hydrogens is 388 g/mol. The smallest absolute Gasteiger partial charge is 0.264 e. The maximum absolute atomic E-state index is 13.1. The van der Waals surface area contributed by atoms with Gasteiger partial charge in [-0.25, -0.2) is 8.42 Å². The Morgan fingerprint density at radius 2 is 1.66 bits per heavy atom. The summed E-state index contributed by atoms with van der Waals surface area (Å²) in [6.45, 7) is 3.82. The number of carbonyl (C=O) groups is 1. The average Bonchev–Trinajstić information content (AvgIpc) is 2.82. The number of nitrogens with zero attached hydrogens (tertiary/aromatic N) is 1. The molecule has 3 aromatic rings. The molecule has 0 aromatic heterocycles. The van der Waals surface area contributed by atoms with Gasteiger partial charge in [-0.1, -0.05) is 18.2 Å². The molecule has 0 aliphatic carbocycles. The first kappa shape index (κ1) is 19.0. The van der Waals surface area contributed by atoms with Gasteiger partial charge in [0.2, 0.25) is 0 Å². The van der Waals surface area contributed by atoms with Crippen molar-refractivity contribution in [3.63, 3.8) is 0 Å². The van der Waals surface area contributed by atoms with Gasteiger partial charge in [0, 0.05) is 7.05 Å². The summed E-state index contributed by atoms with van der Waals surface area (Å²) in [6, 6.07) is 17.0. The third kappa shape index (κ3) is 3.45. The second-order valence-corrected chi connectivity index (χ2v) is 8.99. The maximum atomic E-state index is 13.1. The van der Waals surface area contributed by atoms with E-state index >= 15 is 0 Å². The predicted molar refractivity (Wildman–Crippen MR) is 112 cm³/mol. The van der Waals surface area contributed by atoms with Crippen LogP contribution in [0.25, 0.3) is 0 Å². The molecule has 29 heavy (non-hydrogen) atoms. The van der Waals surface area contributed by atoms with E-state index in [-0.39, 0.29) is 10.5 Å². The Balaban J connectivity index is 1.75. The van der Waals surface area contributed by atoms with Crippen LogP contribution in [0, 0.1) is 13.8 Å². The molecule has 6 nitrogen and oxygen atoms in total. The fourth-order valence-corrected chi connectivity index (χ4v) is 4.40. The van der Waals surface area contributed by atoms with Gasteiger partial charge >= 0.3 is 0 Å². The molecule has 0 spiro atoms. The summed E-state index contributed by atoms with van der Waals surface area (Å²) in [5, 5.41) is 2.78. The van der Waals surface area contributed by atoms with Crippen molar-refractivity contribution in [3.05, 3.63) is 77.4 Å². The highest BCUT2D eigenvalue weighted by Gasteiger charge is 2.27. The number of amides is 1. The van der Waals surface area contributed by atoms with Crippen molar-refractivity contribution in [3.8, 4) is 11.5 Å². The van der Waals surface area contributed by atoms with Gasteiger partial charge in [0.15, 0.2) is 5.75 Å². The highest BCUT2D eigenvalue weighted by Crippen LogP contribution is 2.37. The molecule has 7 heteroatoms. The normalized spacial score (nSPS) is 12.9. The van der Waals surface area contributed by atoms with Crippen LogP contribution >= 0.6 is 0 Å². The van der Waals surface area contributed by atoms with E-state index in [4.69, 9.17) is 4.74 Å². The standard InChI is InChI=1S/C22H20N2O4S/c1-14-5-4-6-16(11-14)24(3)29(26,27)17-8-10-20-18(13-17)22(25)23-19-9-7-15(2)12-21(19)28-20/h4-13H,1-3H3,(H,23,25). The molecule has 1 amide bonds. The first-order chi connectivity index (χ1) is 13.8. The Morgan fingerprint density at radius 1 is 0.897 bits per heavy atom. The van der Waals surface area contributed by atoms with E-state index in [0.29, 0.717) is 22.9 Å². The molecule has 4 rings (SSSR count). The summed E-state index contributed by atoms with van der Waals surface area (Å²) in [6.07, 6.45) is 0. The second kappa shape index (κ2) is 6.93. The molecule has 0 bridgehead atoms. The quantitative estimate of drug-likeness (QED) is 0.693. The number of benzene rings is 3. The Hall–Kier alpha value is -3.32. The maximum Gasteiger partial charge on any atom is 0.264 e. The molecule has 1 N–H and O–H groups in total. The number of hydrogen-bond donors (Lipinski definition) is 1. The molecule has 0 saturated carbocycles. The Morgan fingerprint density at radius 3 is 2.41 bits per heavy atom. The topological polar surface area (TPSA) is 75.7 Å². The van der Waals surface area contributed by atoms with Crippen molar-refractivity contribution in [1.82, 2.24) is 0 Å². The SMILES string of the molecule is Cc1cccc(N(C)S(=O)(=O)c2ccc3c(c2)C(=O)Nc2ccc(C)cc2O3)c1. The largest absolute Gasteiger partial charge is 0.454 e. The van der Waals surface area contributed by atoms with Crippen molar-refractivity contribution in [2.75, 3.05) is 16.7 Å². The number of fused-ring (bicyclic) bond motifs is 2. The molecule has 0 fully saturated rings. The summed E-state index contributed by atoms with van der Waals surface area (Å²) in [7, 11) is -2.36. The van der Waals surface area contributed by atoms with Gasteiger partial charge in [0.05, 0.1) is 21.8 Å². The van der Waals surface area contributed by atoms with Crippen LogP contribution in [0.3, 0.4) is 0 Å². The number of ether oxygens (including phenoxy) is 1. The predicted octanol–water partition coefficient (Wildman–Crippen LogP) is 4.49. The summed E-state index contributed by atoms with van der Waals surface area (Å²) in [4.78, 5) is 12.7. The van der Waals surface area contributed by atoms with Crippen LogP contribution in [0.2, 0.25) is 0 Å². The van der Waals surface area contributed by atoms with E-state index in [2.05, 4.69) is 5.32 Å². The average molecular weight is 408 g/mol. The zero-order valence-corrected chi connectivity index (χ0v) is 17.1. The third-order valence-electron chi connectivity index (χ3n) is 4.82. The minimum absolute atomic E-state index is 0.0149. The van der Waals surface area contributed by atoms with Crippen LogP contribution in [0.15, 0.2) is 65.6 Å². The van der Waals surface area contributed by atoms with Gasteiger partial charge in [-0.3, -0.25) is 9.10 Å². The Bertz CT molecular complexity index is 1240. The minimum atomic E-state index is -3.85. The van der Waals surface area contributed by atoms with Crippen molar-refractivity contribution in [1.29, 1.82) is 0 Å². The summed E-state index contributed by atoms with van der Waals surface area (Å²) < 4.78 is 33.4. The lowest BCUT2D eigenvalue weighted by molar-refractivity contribution is 0.102. The Kier molecular flexibility index (Phi) is 4.55. The van der Waals surface area contributed by atoms with Crippen molar-refractivity contribution in [2.24, 2.45) is 0 Å². The number of aryl methyl sites for hydroxylation is 2. The lowest BCUT2D eigenvalue weighted by Crippen LogP contribution is -2.27. The number of hydrogen-bond acceptors (Lipinski definition) is 4. The number of anilines is 2. The summed E-state index contributed by atoms with van der Waals surface area (Å²) in [5.41, 5.74) is 3.19. The van der Waals surface area contributed by atoms with Crippen molar-refractivity contribution < 1.29 is 17.9 Å². The molecule has 0 unspecified atom stereocenters. The van der Waals surface area contributed by atoms with Gasteiger partial charge in [-0.05, 0) is 67.4 Å². The van der Waals surface area contributed by atoms with Crippen LogP contribution in [0.1, 0.15) is 21.5 Å². The van der Waals surface area contributed by atoms with Gasteiger partial charge in [-0.2, -0.15) is 0 Å². The molecule has 148 valence electrons. The molecule has 3 aromatic carbocycles. The molecule has 0 atom stereocenters. The van der Waals surface area contributed by atoms with E-state index in [1.165, 1.54) is 29.6 Å². The van der Waals surface area contributed by atoms with Gasteiger partial charge in [0.1, 0.15) is 5.75 Å². The van der Waals surface area contributed by atoms with Crippen molar-refractivity contribution in [2.45, 2.75) is 18.7 Å². The number of carbonyl (C=O) groups excluding carboxylic acids is 1. The van der Waals surface area contributed by atoms with Gasteiger partial charge < -0.3 is 10.1 Å². The van der Waals surface area contributed by atoms with Gasteiger partial charge in [0.25, 0.3) is 15.9 Å². The van der Waals surface area contributed by atoms with Crippen LogP contribution in [0.5, 0.6) is 11.5 Å². The number of nitrogens with one attached hydrogen (secondary N) is 1. The van der Waals surface area contributed by atoms with Crippen LogP contribution in [-0.4, -0.2) is 21.4 Å². The zero-order valence-electron chi connectivity index (χ0n) is 16.3. The van der Waals surface area contributed by atoms with E-state index in [9.17, 15) is 13.2 Å². The monoisotopic (exact) mass is 408 g/mol. The van der Waals surface area contributed by atoms with E-state index in [1.54, 1.807) is 24.3 Å². The fourth-order valence-electron chi connectivity index (χ4n) is 3.18. The summed E-state index contributed by atoms with van der Waals surface area (Å²) in [5.74, 6) is 0.409. The van der Waals surface area contributed by atoms with E-state index < -0.39 is 15.9 Å². The minimum Gasteiger partial charge on any atom is -0.454 e. The fraction of sp³-hybridized carbons (Fsp3) is 0.136. The van der Waals surface area contributed by atoms with Crippen LogP contribution < -0.4 is 14.4 Å². The number of rotatable bonds is 3. The van der Waals surface area contributed by atoms with E-state index in [0.717, 1.165) is 11.1 Å². The molecule has 0 radical (unpaired) electrons. The Labute approximate surface area is 169 Å².